The van der Waals surface area contributed by atoms with Gasteiger partial charge in [-0.25, -0.2) is 0 Å². The average Bonchev–Trinajstić information content (AvgIpc) is 3.32. The minimum Gasteiger partial charge on any atom is -0.508 e. The first-order valence-corrected chi connectivity index (χ1v) is 11.5. The lowest BCUT2D eigenvalue weighted by molar-refractivity contribution is 0.0281. The van der Waals surface area contributed by atoms with E-state index >= 15 is 0 Å². The van der Waals surface area contributed by atoms with Crippen LogP contribution in [0.5, 0.6) is 5.75 Å². The van der Waals surface area contributed by atoms with E-state index in [1.54, 1.807) is 12.1 Å². The Morgan fingerprint density at radius 2 is 1.69 bits per heavy atom. The number of hydrogen-bond donors (Lipinski definition) is 2. The third-order valence-electron chi connectivity index (χ3n) is 5.82. The summed E-state index contributed by atoms with van der Waals surface area (Å²) in [5.74, 6) is 0.251. The zero-order valence-electron chi connectivity index (χ0n) is 18.5. The fourth-order valence-corrected chi connectivity index (χ4v) is 3.85. The maximum atomic E-state index is 9.48. The molecule has 4 heteroatoms. The lowest BCUT2D eigenvalue weighted by atomic mass is 9.97. The van der Waals surface area contributed by atoms with Crippen LogP contribution in [0.2, 0.25) is 0 Å². The molecule has 0 radical (unpaired) electrons. The van der Waals surface area contributed by atoms with Crippen LogP contribution in [0.3, 0.4) is 0 Å². The summed E-state index contributed by atoms with van der Waals surface area (Å²) < 4.78 is 6.01. The number of hydrogen-bond acceptors (Lipinski definition) is 4. The van der Waals surface area contributed by atoms with Crippen LogP contribution in [0.15, 0.2) is 30.3 Å². The number of ether oxygens (including phenoxy) is 1. The van der Waals surface area contributed by atoms with E-state index < -0.39 is 0 Å². The molecule has 2 aliphatic rings. The van der Waals surface area contributed by atoms with E-state index in [1.807, 2.05) is 18.2 Å². The van der Waals surface area contributed by atoms with Crippen molar-refractivity contribution >= 4 is 11.3 Å². The van der Waals surface area contributed by atoms with Crippen molar-refractivity contribution in [3.05, 3.63) is 35.9 Å². The van der Waals surface area contributed by atoms with Crippen molar-refractivity contribution in [2.75, 3.05) is 26.7 Å². The van der Waals surface area contributed by atoms with Gasteiger partial charge in [-0.2, -0.15) is 0 Å². The number of likely N-dealkylation sites (tertiary alicyclic amines) is 1. The van der Waals surface area contributed by atoms with Gasteiger partial charge in [-0.3, -0.25) is 0 Å². The molecule has 3 rings (SSSR count). The number of rotatable bonds is 8. The van der Waals surface area contributed by atoms with E-state index in [9.17, 15) is 5.11 Å². The van der Waals surface area contributed by atoms with Crippen molar-refractivity contribution in [1.29, 1.82) is 5.41 Å². The molecule has 0 bridgehead atoms. The topological polar surface area (TPSA) is 56.5 Å². The molecular formula is C25H40N2O2. The number of nitrogens with zero attached hydrogens (tertiary/aromatic N) is 1. The largest absolute Gasteiger partial charge is 0.508 e. The number of phenolic OH excluding ortho intramolecular Hbond substituents is 1. The highest BCUT2D eigenvalue weighted by molar-refractivity contribution is 6.22. The zero-order chi connectivity index (χ0) is 20.9. The Labute approximate surface area is 177 Å². The van der Waals surface area contributed by atoms with Crippen molar-refractivity contribution in [3.8, 4) is 5.75 Å². The summed E-state index contributed by atoms with van der Waals surface area (Å²) in [6.45, 7) is 4.86. The van der Waals surface area contributed by atoms with Crippen LogP contribution in [-0.2, 0) is 4.74 Å². The van der Waals surface area contributed by atoms with Crippen LogP contribution < -0.4 is 0 Å². The van der Waals surface area contributed by atoms with E-state index in [0.29, 0.717) is 18.4 Å². The van der Waals surface area contributed by atoms with Gasteiger partial charge in [0.15, 0.2) is 0 Å². The lowest BCUT2D eigenvalue weighted by Crippen LogP contribution is -2.34. The highest BCUT2D eigenvalue weighted by Gasteiger charge is 2.16. The van der Waals surface area contributed by atoms with E-state index in [1.165, 1.54) is 32.1 Å². The first-order chi connectivity index (χ1) is 14.1. The second kappa shape index (κ2) is 13.6. The summed E-state index contributed by atoms with van der Waals surface area (Å²) in [4.78, 5) is 2.33. The molecule has 0 amide bonds. The summed E-state index contributed by atoms with van der Waals surface area (Å²) in [6, 6.07) is 7.09. The Hall–Kier alpha value is -1.65. The molecule has 1 aliphatic heterocycles. The van der Waals surface area contributed by atoms with Gasteiger partial charge in [-0.05, 0) is 56.5 Å². The number of benzene rings is 1. The Morgan fingerprint density at radius 1 is 1.10 bits per heavy atom. The van der Waals surface area contributed by atoms with Crippen LogP contribution >= 0.6 is 0 Å². The Bertz CT molecular complexity index is 605. The second-order valence-electron chi connectivity index (χ2n) is 8.35. The molecule has 0 atom stereocenters. The van der Waals surface area contributed by atoms with Crippen molar-refractivity contribution in [3.63, 3.8) is 0 Å². The zero-order valence-corrected chi connectivity index (χ0v) is 18.5. The Morgan fingerprint density at radius 3 is 2.24 bits per heavy atom. The molecular weight excluding hydrogens is 360 g/mol. The van der Waals surface area contributed by atoms with Gasteiger partial charge in [-0.1, -0.05) is 57.6 Å². The molecule has 162 valence electrons. The quantitative estimate of drug-likeness (QED) is 0.523. The van der Waals surface area contributed by atoms with Gasteiger partial charge in [-0.15, -0.1) is 0 Å². The molecule has 1 saturated heterocycles. The highest BCUT2D eigenvalue weighted by Crippen LogP contribution is 2.22. The smallest absolute Gasteiger partial charge is 0.115 e. The monoisotopic (exact) mass is 400 g/mol. The van der Waals surface area contributed by atoms with E-state index in [-0.39, 0.29) is 5.75 Å². The van der Waals surface area contributed by atoms with E-state index in [2.05, 4.69) is 18.9 Å². The predicted octanol–water partition coefficient (Wildman–Crippen LogP) is 6.05. The molecule has 2 fully saturated rings. The minimum atomic E-state index is 0.251. The van der Waals surface area contributed by atoms with Gasteiger partial charge < -0.3 is 20.2 Å². The fourth-order valence-electron chi connectivity index (χ4n) is 3.85. The first kappa shape index (κ1) is 23.6. The Balaban J connectivity index is 0.000000521. The number of allylic oxidation sites excluding steroid dienone is 1. The van der Waals surface area contributed by atoms with Gasteiger partial charge in [0.1, 0.15) is 5.75 Å². The van der Waals surface area contributed by atoms with Crippen LogP contribution in [0.1, 0.15) is 76.7 Å². The second-order valence-corrected chi connectivity index (χ2v) is 8.35. The maximum Gasteiger partial charge on any atom is 0.115 e. The van der Waals surface area contributed by atoms with Crippen molar-refractivity contribution < 1.29 is 9.84 Å². The molecule has 29 heavy (non-hydrogen) atoms. The molecule has 0 unspecified atom stereocenters. The summed E-state index contributed by atoms with van der Waals surface area (Å²) in [5, 5.41) is 17.9. The fraction of sp³-hybridized carbons (Fsp3) is 0.640. The predicted molar refractivity (Wildman–Crippen MR) is 123 cm³/mol. The van der Waals surface area contributed by atoms with Crippen molar-refractivity contribution in [1.82, 2.24) is 4.90 Å². The normalized spacial score (nSPS) is 18.3. The molecule has 4 nitrogen and oxygen atoms in total. The summed E-state index contributed by atoms with van der Waals surface area (Å²) in [6.07, 6.45) is 14.9. The van der Waals surface area contributed by atoms with Gasteiger partial charge in [0.05, 0.1) is 12.7 Å². The molecule has 1 aromatic carbocycles. The average molecular weight is 401 g/mol. The molecule has 1 heterocycles. The van der Waals surface area contributed by atoms with E-state index in [0.717, 1.165) is 56.3 Å². The van der Waals surface area contributed by atoms with Crippen LogP contribution in [-0.4, -0.2) is 48.6 Å². The molecule has 1 aromatic rings. The number of phenols is 1. The molecule has 1 aliphatic carbocycles. The van der Waals surface area contributed by atoms with Crippen molar-refractivity contribution in [2.45, 2.75) is 77.2 Å². The number of unbranched alkanes of at least 4 members (excludes halogenated alkanes) is 1. The number of aromatic hydroxyl groups is 1. The number of piperidine rings is 1. The minimum absolute atomic E-state index is 0.251. The van der Waals surface area contributed by atoms with Crippen LogP contribution in [0.4, 0.5) is 0 Å². The van der Waals surface area contributed by atoms with Gasteiger partial charge >= 0.3 is 0 Å². The van der Waals surface area contributed by atoms with Gasteiger partial charge in [0.2, 0.25) is 0 Å². The number of nitrogens with one attached hydrogen (secondary N) is 1. The SMILES string of the molecule is C1CCCC1.CCCCC(=N)/C(=C\COC1CCN(C)CC1)c1ccc(O)cc1. The summed E-state index contributed by atoms with van der Waals surface area (Å²) in [5.41, 5.74) is 2.55. The lowest BCUT2D eigenvalue weighted by Gasteiger charge is -2.28. The highest BCUT2D eigenvalue weighted by atomic mass is 16.5. The third-order valence-corrected chi connectivity index (χ3v) is 5.82. The summed E-state index contributed by atoms with van der Waals surface area (Å²) >= 11 is 0. The Kier molecular flexibility index (Phi) is 11.0. The molecule has 2 N–H and O–H groups in total. The van der Waals surface area contributed by atoms with Crippen LogP contribution in [0.25, 0.3) is 5.57 Å². The maximum absolute atomic E-state index is 9.48. The van der Waals surface area contributed by atoms with Gasteiger partial charge in [0.25, 0.3) is 0 Å². The molecule has 0 spiro atoms. The summed E-state index contributed by atoms with van der Waals surface area (Å²) in [7, 11) is 2.15. The standard InChI is InChI=1S/C20H30N2O2.C5H10/c1-3-4-5-20(21)19(16-6-8-17(23)9-7-16)12-15-24-18-10-13-22(2)14-11-18;1-2-4-5-3-1/h6-9,12,18,21,23H,3-5,10-11,13-15H2,1-2H3;1-5H2/b19-12-,21-20?;. The van der Waals surface area contributed by atoms with Crippen molar-refractivity contribution in [2.24, 2.45) is 0 Å². The van der Waals surface area contributed by atoms with Crippen LogP contribution in [0, 0.1) is 5.41 Å². The molecule has 1 saturated carbocycles. The molecule has 0 aromatic heterocycles. The first-order valence-electron chi connectivity index (χ1n) is 11.5. The van der Waals surface area contributed by atoms with E-state index in [4.69, 9.17) is 10.1 Å². The van der Waals surface area contributed by atoms with Gasteiger partial charge in [0, 0.05) is 24.4 Å². The third kappa shape index (κ3) is 9.14.